The van der Waals surface area contributed by atoms with E-state index in [2.05, 4.69) is 9.72 Å². The third-order valence-electron chi connectivity index (χ3n) is 2.25. The molecule has 1 heterocycles. The van der Waals surface area contributed by atoms with E-state index in [0.717, 1.165) is 6.07 Å². The molecule has 0 atom stereocenters. The monoisotopic (exact) mass is 293 g/mol. The maximum absolute atomic E-state index is 12.2. The van der Waals surface area contributed by atoms with Crippen LogP contribution in [0.2, 0.25) is 0 Å². The van der Waals surface area contributed by atoms with E-state index in [1.54, 1.807) is 6.92 Å². The van der Waals surface area contributed by atoms with E-state index in [0.29, 0.717) is 0 Å². The molecule has 0 unspecified atom stereocenters. The number of nitrogen functional groups attached to an aromatic ring is 1. The van der Waals surface area contributed by atoms with Crippen LogP contribution in [0.3, 0.4) is 0 Å². The lowest BCUT2D eigenvalue weighted by Crippen LogP contribution is -2.20. The van der Waals surface area contributed by atoms with Crippen LogP contribution in [0, 0.1) is 0 Å². The van der Waals surface area contributed by atoms with Crippen LogP contribution < -0.4 is 16.2 Å². The van der Waals surface area contributed by atoms with E-state index in [9.17, 15) is 18.0 Å². The summed E-state index contributed by atoms with van der Waals surface area (Å²) in [4.78, 5) is 15.1. The number of alkyl halides is 3. The van der Waals surface area contributed by atoms with Crippen molar-refractivity contribution in [3.63, 3.8) is 0 Å². The highest BCUT2D eigenvalue weighted by Gasteiger charge is 2.32. The Balaban J connectivity index is 3.04. The van der Waals surface area contributed by atoms with E-state index >= 15 is 0 Å². The van der Waals surface area contributed by atoms with Gasteiger partial charge in [-0.25, -0.2) is 4.98 Å². The number of nitrogens with zero attached hydrogens (tertiary/aromatic N) is 1. The van der Waals surface area contributed by atoms with Crippen molar-refractivity contribution < 1.29 is 27.4 Å². The lowest BCUT2D eigenvalue weighted by molar-refractivity contribution is -0.274. The Kier molecular flexibility index (Phi) is 5.14. The molecule has 1 rings (SSSR count). The smallest absolute Gasteiger partial charge is 0.466 e. The minimum atomic E-state index is -4.88. The Hall–Kier alpha value is -2.03. The Morgan fingerprint density at radius 3 is 2.60 bits per heavy atom. The van der Waals surface area contributed by atoms with E-state index in [1.165, 1.54) is 0 Å². The number of ether oxygens (including phenoxy) is 2. The Bertz CT molecular complexity index is 492. The number of carbonyl (C=O) groups is 1. The number of pyridine rings is 1. The summed E-state index contributed by atoms with van der Waals surface area (Å²) in [5.41, 5.74) is 11.2. The van der Waals surface area contributed by atoms with Gasteiger partial charge in [0.2, 0.25) is 0 Å². The summed E-state index contributed by atoms with van der Waals surface area (Å²) in [5.74, 6) is -1.69. The number of hydrogen-bond donors (Lipinski definition) is 2. The van der Waals surface area contributed by atoms with Gasteiger partial charge >= 0.3 is 12.3 Å². The van der Waals surface area contributed by atoms with Crippen LogP contribution in [0.15, 0.2) is 6.07 Å². The van der Waals surface area contributed by atoms with Crippen molar-refractivity contribution in [1.29, 1.82) is 0 Å². The molecule has 1 aromatic heterocycles. The first-order valence-electron chi connectivity index (χ1n) is 5.66. The third kappa shape index (κ3) is 4.57. The van der Waals surface area contributed by atoms with Crippen LogP contribution >= 0.6 is 0 Å². The normalized spacial score (nSPS) is 11.2. The molecular formula is C11H14F3N3O3. The zero-order chi connectivity index (χ0) is 15.3. The van der Waals surface area contributed by atoms with Crippen LogP contribution in [0.4, 0.5) is 19.0 Å². The molecule has 0 bridgehead atoms. The molecule has 0 fully saturated rings. The van der Waals surface area contributed by atoms with Gasteiger partial charge in [-0.15, -0.1) is 13.2 Å². The first kappa shape index (κ1) is 16.0. The molecule has 0 spiro atoms. The van der Waals surface area contributed by atoms with E-state index in [1.807, 2.05) is 0 Å². The number of halogens is 3. The Labute approximate surface area is 112 Å². The van der Waals surface area contributed by atoms with Crippen molar-refractivity contribution in [2.75, 3.05) is 12.3 Å². The molecule has 0 saturated carbocycles. The Morgan fingerprint density at radius 1 is 1.45 bits per heavy atom. The largest absolute Gasteiger partial charge is 0.573 e. The van der Waals surface area contributed by atoms with Crippen molar-refractivity contribution in [2.45, 2.75) is 26.3 Å². The van der Waals surface area contributed by atoms with Gasteiger partial charge in [-0.05, 0) is 18.6 Å². The van der Waals surface area contributed by atoms with Gasteiger partial charge in [0.05, 0.1) is 18.7 Å². The van der Waals surface area contributed by atoms with Gasteiger partial charge in [0.1, 0.15) is 0 Å². The molecular weight excluding hydrogens is 279 g/mol. The summed E-state index contributed by atoms with van der Waals surface area (Å²) >= 11 is 0. The van der Waals surface area contributed by atoms with Crippen molar-refractivity contribution in [2.24, 2.45) is 5.73 Å². The highest BCUT2D eigenvalue weighted by molar-refractivity contribution is 5.73. The minimum absolute atomic E-state index is 0.115. The fraction of sp³-hybridized carbons (Fsp3) is 0.455. The molecule has 20 heavy (non-hydrogen) atoms. The number of hydrogen-bond acceptors (Lipinski definition) is 6. The van der Waals surface area contributed by atoms with E-state index < -0.39 is 23.9 Å². The fourth-order valence-corrected chi connectivity index (χ4v) is 1.47. The lowest BCUT2D eigenvalue weighted by atomic mass is 10.1. The minimum Gasteiger partial charge on any atom is -0.466 e. The first-order chi connectivity index (χ1) is 9.26. The van der Waals surface area contributed by atoms with Crippen molar-refractivity contribution in [3.8, 4) is 5.75 Å². The maximum atomic E-state index is 12.2. The molecule has 0 radical (unpaired) electrons. The van der Waals surface area contributed by atoms with Crippen molar-refractivity contribution in [3.05, 3.63) is 17.3 Å². The van der Waals surface area contributed by atoms with E-state index in [4.69, 9.17) is 16.2 Å². The number of nitrogens with two attached hydrogens (primary N) is 2. The number of carbonyl (C=O) groups excluding carboxylic acids is 1. The Morgan fingerprint density at radius 2 is 2.10 bits per heavy atom. The fourth-order valence-electron chi connectivity index (χ4n) is 1.47. The van der Waals surface area contributed by atoms with Gasteiger partial charge in [0.15, 0.2) is 11.6 Å². The summed E-state index contributed by atoms with van der Waals surface area (Å²) in [7, 11) is 0. The van der Waals surface area contributed by atoms with Gasteiger partial charge in [0, 0.05) is 6.54 Å². The third-order valence-corrected chi connectivity index (χ3v) is 2.25. The molecule has 112 valence electrons. The van der Waals surface area contributed by atoms with Crippen LogP contribution in [0.25, 0.3) is 0 Å². The first-order valence-corrected chi connectivity index (χ1v) is 5.66. The zero-order valence-electron chi connectivity index (χ0n) is 10.7. The van der Waals surface area contributed by atoms with Gasteiger partial charge in [-0.1, -0.05) is 0 Å². The highest BCUT2D eigenvalue weighted by Crippen LogP contribution is 2.29. The van der Waals surface area contributed by atoms with Gasteiger partial charge in [0.25, 0.3) is 0 Å². The molecule has 0 aromatic carbocycles. The number of aromatic nitrogens is 1. The van der Waals surface area contributed by atoms with Crippen molar-refractivity contribution >= 4 is 11.8 Å². The van der Waals surface area contributed by atoms with Crippen LogP contribution in [-0.4, -0.2) is 23.9 Å². The molecule has 0 amide bonds. The van der Waals surface area contributed by atoms with Gasteiger partial charge < -0.3 is 20.9 Å². The van der Waals surface area contributed by atoms with E-state index in [-0.39, 0.29) is 30.8 Å². The lowest BCUT2D eigenvalue weighted by Gasteiger charge is -2.14. The highest BCUT2D eigenvalue weighted by atomic mass is 19.4. The molecule has 0 aliphatic rings. The van der Waals surface area contributed by atoms with Crippen LogP contribution in [0.1, 0.15) is 18.2 Å². The van der Waals surface area contributed by atoms with Crippen molar-refractivity contribution in [1.82, 2.24) is 4.98 Å². The summed E-state index contributed by atoms with van der Waals surface area (Å²) < 4.78 is 44.9. The standard InChI is InChI=1S/C11H14F3N3O3/c1-2-19-9(18)4-7-6(5-15)3-8(10(16)17-7)20-11(12,13)14/h3H,2,4-5,15H2,1H3,(H2,16,17). The van der Waals surface area contributed by atoms with Gasteiger partial charge in [-0.2, -0.15) is 0 Å². The van der Waals surface area contributed by atoms with Gasteiger partial charge in [-0.3, -0.25) is 4.79 Å². The molecule has 9 heteroatoms. The predicted molar refractivity (Wildman–Crippen MR) is 63.6 cm³/mol. The number of rotatable bonds is 5. The molecule has 4 N–H and O–H groups in total. The maximum Gasteiger partial charge on any atom is 0.573 e. The number of anilines is 1. The average molecular weight is 293 g/mol. The summed E-state index contributed by atoms with van der Waals surface area (Å²) in [6.07, 6.45) is -5.11. The second-order valence-electron chi connectivity index (χ2n) is 3.71. The summed E-state index contributed by atoms with van der Waals surface area (Å²) in [5, 5.41) is 0. The van der Waals surface area contributed by atoms with Crippen LogP contribution in [-0.2, 0) is 22.5 Å². The second kappa shape index (κ2) is 6.42. The predicted octanol–water partition coefficient (Wildman–Crippen LogP) is 1.13. The molecule has 0 saturated heterocycles. The SMILES string of the molecule is CCOC(=O)Cc1nc(N)c(OC(F)(F)F)cc1CN. The topological polar surface area (TPSA) is 100 Å². The summed E-state index contributed by atoms with van der Waals surface area (Å²) in [6.45, 7) is 1.70. The molecule has 1 aromatic rings. The average Bonchev–Trinajstić information content (AvgIpc) is 2.31. The molecule has 0 aliphatic heterocycles. The second-order valence-corrected chi connectivity index (χ2v) is 3.71. The molecule has 0 aliphatic carbocycles. The van der Waals surface area contributed by atoms with Crippen LogP contribution in [0.5, 0.6) is 5.75 Å². The molecule has 6 nitrogen and oxygen atoms in total. The number of esters is 1. The zero-order valence-corrected chi connectivity index (χ0v) is 10.7. The quantitative estimate of drug-likeness (QED) is 0.789. The summed E-state index contributed by atoms with van der Waals surface area (Å²) in [6, 6.07) is 1.02.